The van der Waals surface area contributed by atoms with Crippen LogP contribution < -0.4 is 10.6 Å². The number of carbonyl (C=O) groups is 2. The Labute approximate surface area is 169 Å². The van der Waals surface area contributed by atoms with Crippen LogP contribution in [0.15, 0.2) is 39.7 Å². The summed E-state index contributed by atoms with van der Waals surface area (Å²) >= 11 is 0. The largest absolute Gasteiger partial charge is 0.481 e. The van der Waals surface area contributed by atoms with Gasteiger partial charge in [0.2, 0.25) is 0 Å². The Kier molecular flexibility index (Phi) is 6.04. The van der Waals surface area contributed by atoms with Gasteiger partial charge in [-0.05, 0) is 18.9 Å². The fourth-order valence-corrected chi connectivity index (χ4v) is 3.06. The zero-order chi connectivity index (χ0) is 21.9. The minimum atomic E-state index is -4.56. The van der Waals surface area contributed by atoms with E-state index in [1.54, 1.807) is 6.92 Å². The van der Waals surface area contributed by atoms with Crippen molar-refractivity contribution in [2.45, 2.75) is 25.9 Å². The van der Waals surface area contributed by atoms with Gasteiger partial charge in [0.25, 0.3) is 0 Å². The Hall–Kier alpha value is -3.44. The summed E-state index contributed by atoms with van der Waals surface area (Å²) in [4.78, 5) is 31.4. The van der Waals surface area contributed by atoms with Crippen LogP contribution in [0.1, 0.15) is 25.3 Å². The third-order valence-corrected chi connectivity index (χ3v) is 4.53. The highest BCUT2D eigenvalue weighted by Gasteiger charge is 2.33. The van der Waals surface area contributed by atoms with Crippen LogP contribution in [-0.2, 0) is 11.0 Å². The van der Waals surface area contributed by atoms with Gasteiger partial charge in [-0.2, -0.15) is 18.3 Å². The number of carbonyl (C=O) groups excluding carboxylic acids is 1. The number of nitrogens with zero attached hydrogens (tertiary/aromatic N) is 4. The normalized spacial score (nSPS) is 19.3. The number of nitrogens with one attached hydrogen (secondary N) is 2. The Balaban J connectivity index is 1.96. The standard InChI is InChI=1S/C18H19F3N6O3/c1-2-23-17(30)26-15-4-14(27-9-12(7-25-27)18(19,20)21)13(8-24-15)10-3-11(16(28)29)6-22-5-10/h5-7,9,11H,2-4,8H2,1H3,(H,28,29)(H2,23,24,26,30). The smallest absolute Gasteiger partial charge is 0.419 e. The molecule has 0 aromatic carbocycles. The molecule has 3 N–H and O–H groups in total. The molecule has 0 spiro atoms. The van der Waals surface area contributed by atoms with Crippen molar-refractivity contribution in [1.29, 1.82) is 0 Å². The van der Waals surface area contributed by atoms with Crippen molar-refractivity contribution < 1.29 is 27.9 Å². The van der Waals surface area contributed by atoms with Crippen molar-refractivity contribution in [3.8, 4) is 0 Å². The van der Waals surface area contributed by atoms with Crippen LogP contribution in [0.4, 0.5) is 18.0 Å². The van der Waals surface area contributed by atoms with Crippen molar-refractivity contribution in [3.05, 3.63) is 35.3 Å². The van der Waals surface area contributed by atoms with E-state index in [1.165, 1.54) is 12.4 Å². The lowest BCUT2D eigenvalue weighted by Crippen LogP contribution is -2.40. The number of halogens is 3. The number of alkyl halides is 3. The molecule has 0 radical (unpaired) electrons. The van der Waals surface area contributed by atoms with Gasteiger partial charge in [-0.3, -0.25) is 20.1 Å². The molecule has 1 unspecified atom stereocenters. The van der Waals surface area contributed by atoms with Gasteiger partial charge in [0, 0.05) is 37.2 Å². The van der Waals surface area contributed by atoms with Crippen molar-refractivity contribution >= 4 is 29.7 Å². The van der Waals surface area contributed by atoms with E-state index < -0.39 is 29.7 Å². The fraction of sp³-hybridized carbons (Fsp3) is 0.389. The lowest BCUT2D eigenvalue weighted by Gasteiger charge is -2.24. The molecule has 160 valence electrons. The SMILES string of the molecule is CCNC(=O)NC1=NCC(C2=CN=CC(C(=O)O)C2)=C(n2cc(C(F)(F)F)cn2)C1. The molecule has 30 heavy (non-hydrogen) atoms. The van der Waals surface area contributed by atoms with Gasteiger partial charge in [-0.25, -0.2) is 9.48 Å². The molecule has 2 aliphatic rings. The van der Waals surface area contributed by atoms with E-state index in [4.69, 9.17) is 0 Å². The zero-order valence-corrected chi connectivity index (χ0v) is 15.9. The summed E-state index contributed by atoms with van der Waals surface area (Å²) in [5.74, 6) is -1.64. The van der Waals surface area contributed by atoms with Crippen LogP contribution in [0.2, 0.25) is 0 Å². The highest BCUT2D eigenvalue weighted by atomic mass is 19.4. The molecule has 3 rings (SSSR count). The first-order chi connectivity index (χ1) is 14.2. The van der Waals surface area contributed by atoms with Crippen LogP contribution in [0.3, 0.4) is 0 Å². The summed E-state index contributed by atoms with van der Waals surface area (Å²) < 4.78 is 40.2. The van der Waals surface area contributed by atoms with Crippen LogP contribution in [0, 0.1) is 5.92 Å². The molecular weight excluding hydrogens is 405 g/mol. The van der Waals surface area contributed by atoms with E-state index in [9.17, 15) is 27.9 Å². The number of amidine groups is 1. The van der Waals surface area contributed by atoms with Crippen molar-refractivity contribution in [2.24, 2.45) is 15.9 Å². The second kappa shape index (κ2) is 8.51. The number of carboxylic acid groups (broad SMARTS) is 1. The summed E-state index contributed by atoms with van der Waals surface area (Å²) in [6, 6.07) is -0.483. The molecule has 0 saturated carbocycles. The van der Waals surface area contributed by atoms with Gasteiger partial charge in [-0.1, -0.05) is 0 Å². The van der Waals surface area contributed by atoms with E-state index in [1.807, 2.05) is 0 Å². The predicted octanol–water partition coefficient (Wildman–Crippen LogP) is 2.29. The fourth-order valence-electron chi connectivity index (χ4n) is 3.06. The maximum Gasteiger partial charge on any atom is 0.419 e. The highest BCUT2D eigenvalue weighted by Crippen LogP contribution is 2.33. The number of hydrogen-bond acceptors (Lipinski definition) is 5. The molecule has 9 nitrogen and oxygen atoms in total. The summed E-state index contributed by atoms with van der Waals surface area (Å²) in [5, 5.41) is 18.2. The Bertz CT molecular complexity index is 974. The Morgan fingerprint density at radius 2 is 2.13 bits per heavy atom. The summed E-state index contributed by atoms with van der Waals surface area (Å²) in [6.45, 7) is 2.16. The molecule has 1 atom stereocenters. The maximum atomic E-state index is 13.0. The topological polar surface area (TPSA) is 121 Å². The number of aliphatic carboxylic acids is 1. The lowest BCUT2D eigenvalue weighted by molar-refractivity contribution is -0.139. The molecule has 1 aromatic heterocycles. The number of dihydropyridines is 1. The molecule has 0 fully saturated rings. The molecule has 3 heterocycles. The Morgan fingerprint density at radius 1 is 1.37 bits per heavy atom. The van der Waals surface area contributed by atoms with Gasteiger partial charge in [-0.15, -0.1) is 0 Å². The van der Waals surface area contributed by atoms with Crippen LogP contribution in [0.25, 0.3) is 5.70 Å². The van der Waals surface area contributed by atoms with Gasteiger partial charge < -0.3 is 10.4 Å². The monoisotopic (exact) mass is 424 g/mol. The summed E-state index contributed by atoms with van der Waals surface area (Å²) in [5.41, 5.74) is 0.509. The molecule has 0 bridgehead atoms. The van der Waals surface area contributed by atoms with E-state index in [-0.39, 0.29) is 25.2 Å². The van der Waals surface area contributed by atoms with E-state index in [2.05, 4.69) is 25.7 Å². The second-order valence-electron chi connectivity index (χ2n) is 6.62. The molecule has 2 amide bonds. The average Bonchev–Trinajstić information content (AvgIpc) is 3.19. The molecule has 0 saturated heterocycles. The van der Waals surface area contributed by atoms with Crippen LogP contribution >= 0.6 is 0 Å². The third kappa shape index (κ3) is 4.75. The second-order valence-corrected chi connectivity index (χ2v) is 6.62. The van der Waals surface area contributed by atoms with E-state index in [0.29, 0.717) is 29.6 Å². The molecule has 2 aliphatic heterocycles. The number of urea groups is 1. The maximum absolute atomic E-state index is 13.0. The van der Waals surface area contributed by atoms with Gasteiger partial charge in [0.1, 0.15) is 5.84 Å². The van der Waals surface area contributed by atoms with Crippen molar-refractivity contribution in [1.82, 2.24) is 20.4 Å². The summed E-state index contributed by atoms with van der Waals surface area (Å²) in [6.07, 6.45) is -0.0977. The first kappa shape index (κ1) is 21.3. The lowest BCUT2D eigenvalue weighted by atomic mass is 9.91. The number of rotatable bonds is 4. The number of carboxylic acids is 1. The van der Waals surface area contributed by atoms with Crippen molar-refractivity contribution in [2.75, 3.05) is 13.1 Å². The molecular formula is C18H19F3N6O3. The average molecular weight is 424 g/mol. The minimum absolute atomic E-state index is 0.00420. The minimum Gasteiger partial charge on any atom is -0.481 e. The summed E-state index contributed by atoms with van der Waals surface area (Å²) in [7, 11) is 0. The molecule has 0 aliphatic carbocycles. The molecule has 1 aromatic rings. The third-order valence-electron chi connectivity index (χ3n) is 4.53. The predicted molar refractivity (Wildman–Crippen MR) is 102 cm³/mol. The van der Waals surface area contributed by atoms with Gasteiger partial charge in [0.15, 0.2) is 0 Å². The van der Waals surface area contributed by atoms with E-state index in [0.717, 1.165) is 10.9 Å². The van der Waals surface area contributed by atoms with Gasteiger partial charge >= 0.3 is 18.2 Å². The number of amides is 2. The highest BCUT2D eigenvalue weighted by molar-refractivity contribution is 6.02. The van der Waals surface area contributed by atoms with Crippen molar-refractivity contribution in [3.63, 3.8) is 0 Å². The zero-order valence-electron chi connectivity index (χ0n) is 15.9. The number of hydrogen-bond donors (Lipinski definition) is 3. The Morgan fingerprint density at radius 3 is 2.77 bits per heavy atom. The number of aliphatic imine (C=N–C) groups is 2. The van der Waals surface area contributed by atoms with Crippen LogP contribution in [0.5, 0.6) is 0 Å². The number of aromatic nitrogens is 2. The first-order valence-corrected chi connectivity index (χ1v) is 9.07. The van der Waals surface area contributed by atoms with Gasteiger partial charge in [0.05, 0.1) is 29.9 Å². The van der Waals surface area contributed by atoms with Crippen LogP contribution in [-0.4, -0.2) is 52.0 Å². The van der Waals surface area contributed by atoms with E-state index >= 15 is 0 Å². The first-order valence-electron chi connectivity index (χ1n) is 9.07. The quantitative estimate of drug-likeness (QED) is 0.687. The molecule has 12 heteroatoms.